The number of rotatable bonds is 8. The van der Waals surface area contributed by atoms with E-state index in [2.05, 4.69) is 41.1 Å². The molecule has 0 aromatic heterocycles. The van der Waals surface area contributed by atoms with Crippen LogP contribution in [0.5, 0.6) is 5.75 Å². The summed E-state index contributed by atoms with van der Waals surface area (Å²) in [6.07, 6.45) is -0.519. The summed E-state index contributed by atoms with van der Waals surface area (Å²) in [4.78, 5) is 4.71. The van der Waals surface area contributed by atoms with Gasteiger partial charge in [0.15, 0.2) is 0 Å². The molecular weight excluding hydrogens is 340 g/mol. The molecule has 27 heavy (non-hydrogen) atoms. The van der Waals surface area contributed by atoms with Crippen LogP contribution < -0.4 is 4.74 Å². The first kappa shape index (κ1) is 19.8. The number of ether oxygens (including phenoxy) is 2. The van der Waals surface area contributed by atoms with Gasteiger partial charge >= 0.3 is 0 Å². The van der Waals surface area contributed by atoms with Crippen molar-refractivity contribution in [1.29, 1.82) is 0 Å². The monoisotopic (exact) mass is 370 g/mol. The highest BCUT2D eigenvalue weighted by atomic mass is 16.5. The molecule has 0 saturated carbocycles. The van der Waals surface area contributed by atoms with Crippen LogP contribution in [0.1, 0.15) is 17.2 Å². The van der Waals surface area contributed by atoms with E-state index in [0.717, 1.165) is 30.9 Å². The van der Waals surface area contributed by atoms with Crippen LogP contribution in [0.3, 0.4) is 0 Å². The summed E-state index contributed by atoms with van der Waals surface area (Å²) in [7, 11) is 3.81. The van der Waals surface area contributed by atoms with Gasteiger partial charge in [0.1, 0.15) is 5.75 Å². The number of aliphatic hydroxyl groups excluding tert-OH is 1. The molecule has 1 aliphatic rings. The zero-order chi connectivity index (χ0) is 19.1. The Balaban J connectivity index is 1.53. The summed E-state index contributed by atoms with van der Waals surface area (Å²) in [5.74, 6) is 0.815. The summed E-state index contributed by atoms with van der Waals surface area (Å²) in [6.45, 7) is 4.29. The number of benzene rings is 2. The van der Waals surface area contributed by atoms with E-state index in [9.17, 15) is 5.11 Å². The molecule has 5 nitrogen and oxygen atoms in total. The number of hydrogen-bond donors (Lipinski definition) is 1. The predicted molar refractivity (Wildman–Crippen MR) is 107 cm³/mol. The van der Waals surface area contributed by atoms with E-state index in [-0.39, 0.29) is 0 Å². The normalized spacial score (nSPS) is 19.7. The minimum Gasteiger partial charge on any atom is -0.496 e. The average molecular weight is 370 g/mol. The molecule has 0 aliphatic carbocycles. The molecule has 2 aromatic rings. The van der Waals surface area contributed by atoms with Gasteiger partial charge in [-0.2, -0.15) is 0 Å². The van der Waals surface area contributed by atoms with Crippen molar-refractivity contribution in [2.75, 3.05) is 46.9 Å². The third-order valence-electron chi connectivity index (χ3n) is 5.08. The smallest absolute Gasteiger partial charge is 0.124 e. The highest BCUT2D eigenvalue weighted by Crippen LogP contribution is 2.25. The van der Waals surface area contributed by atoms with Crippen LogP contribution in [-0.2, 0) is 11.3 Å². The van der Waals surface area contributed by atoms with Gasteiger partial charge in [0.25, 0.3) is 0 Å². The summed E-state index contributed by atoms with van der Waals surface area (Å²) in [6, 6.07) is 18.6. The Bertz CT molecular complexity index is 695. The van der Waals surface area contributed by atoms with Gasteiger partial charge in [-0.15, -0.1) is 0 Å². The molecule has 2 unspecified atom stereocenters. The zero-order valence-corrected chi connectivity index (χ0v) is 16.3. The van der Waals surface area contributed by atoms with Crippen LogP contribution >= 0.6 is 0 Å². The molecular formula is C22H30N2O3. The van der Waals surface area contributed by atoms with Crippen molar-refractivity contribution in [3.8, 4) is 5.75 Å². The van der Waals surface area contributed by atoms with Gasteiger partial charge in [-0.3, -0.25) is 4.90 Å². The number of aliphatic hydroxyl groups is 1. The summed E-state index contributed by atoms with van der Waals surface area (Å²) in [5.41, 5.74) is 2.29. The van der Waals surface area contributed by atoms with Crippen LogP contribution in [0.2, 0.25) is 0 Å². The number of para-hydroxylation sites is 1. The van der Waals surface area contributed by atoms with Crippen LogP contribution in [0.25, 0.3) is 0 Å². The Morgan fingerprint density at radius 2 is 1.81 bits per heavy atom. The molecule has 5 heteroatoms. The van der Waals surface area contributed by atoms with Crippen molar-refractivity contribution in [2.24, 2.45) is 0 Å². The van der Waals surface area contributed by atoms with E-state index in [0.29, 0.717) is 25.8 Å². The SMILES string of the molecule is COc1ccccc1COCC(O)CN1CCN(C)CC1c1ccccc1. The van der Waals surface area contributed by atoms with E-state index < -0.39 is 6.10 Å². The van der Waals surface area contributed by atoms with Crippen molar-refractivity contribution >= 4 is 0 Å². The molecule has 2 aromatic carbocycles. The number of methoxy groups -OCH3 is 1. The second-order valence-electron chi connectivity index (χ2n) is 7.16. The largest absolute Gasteiger partial charge is 0.496 e. The van der Waals surface area contributed by atoms with Crippen molar-refractivity contribution in [3.63, 3.8) is 0 Å². The van der Waals surface area contributed by atoms with Crippen molar-refractivity contribution in [1.82, 2.24) is 9.80 Å². The van der Waals surface area contributed by atoms with E-state index in [4.69, 9.17) is 9.47 Å². The number of hydrogen-bond acceptors (Lipinski definition) is 5. The van der Waals surface area contributed by atoms with Crippen LogP contribution in [0.15, 0.2) is 54.6 Å². The second-order valence-corrected chi connectivity index (χ2v) is 7.16. The molecule has 0 radical (unpaired) electrons. The Kier molecular flexibility index (Phi) is 7.24. The molecule has 1 saturated heterocycles. The van der Waals surface area contributed by atoms with Gasteiger partial charge in [0, 0.05) is 37.8 Å². The topological polar surface area (TPSA) is 45.2 Å². The van der Waals surface area contributed by atoms with Gasteiger partial charge in [-0.1, -0.05) is 48.5 Å². The second kappa shape index (κ2) is 9.85. The average Bonchev–Trinajstić information content (AvgIpc) is 2.70. The molecule has 1 N–H and O–H groups in total. The van der Waals surface area contributed by atoms with Gasteiger partial charge in [0.05, 0.1) is 26.4 Å². The molecule has 0 spiro atoms. The lowest BCUT2D eigenvalue weighted by atomic mass is 10.0. The minimum atomic E-state index is -0.519. The van der Waals surface area contributed by atoms with E-state index in [1.54, 1.807) is 7.11 Å². The van der Waals surface area contributed by atoms with E-state index in [1.165, 1.54) is 5.56 Å². The Morgan fingerprint density at radius 3 is 2.59 bits per heavy atom. The minimum absolute atomic E-state index is 0.300. The first-order valence-electron chi connectivity index (χ1n) is 9.52. The Labute approximate surface area is 162 Å². The lowest BCUT2D eigenvalue weighted by Gasteiger charge is -2.41. The summed E-state index contributed by atoms with van der Waals surface area (Å²) >= 11 is 0. The maximum absolute atomic E-state index is 10.5. The van der Waals surface area contributed by atoms with Crippen LogP contribution in [0, 0.1) is 0 Å². The summed E-state index contributed by atoms with van der Waals surface area (Å²) < 4.78 is 11.1. The van der Waals surface area contributed by atoms with E-state index >= 15 is 0 Å². The molecule has 0 amide bonds. The fourth-order valence-electron chi connectivity index (χ4n) is 3.62. The van der Waals surface area contributed by atoms with Crippen molar-refractivity contribution in [3.05, 3.63) is 65.7 Å². The number of piperazine rings is 1. The zero-order valence-electron chi connectivity index (χ0n) is 16.3. The third kappa shape index (κ3) is 5.53. The first-order chi connectivity index (χ1) is 13.2. The first-order valence-corrected chi connectivity index (χ1v) is 9.52. The quantitative estimate of drug-likeness (QED) is 0.774. The lowest BCUT2D eigenvalue weighted by Crippen LogP contribution is -2.49. The molecule has 1 fully saturated rings. The predicted octanol–water partition coefficient (Wildman–Crippen LogP) is 2.56. The number of likely N-dealkylation sites (N-methyl/N-ethyl adjacent to an activating group) is 1. The molecule has 3 rings (SSSR count). The van der Waals surface area contributed by atoms with Crippen LogP contribution in [-0.4, -0.2) is 68.0 Å². The summed E-state index contributed by atoms with van der Waals surface area (Å²) in [5, 5.41) is 10.5. The number of nitrogens with zero attached hydrogens (tertiary/aromatic N) is 2. The standard InChI is InChI=1S/C22H30N2O3/c1-23-12-13-24(21(15-23)18-8-4-3-5-9-18)14-20(25)17-27-16-19-10-6-7-11-22(19)26-2/h3-11,20-21,25H,12-17H2,1-2H3. The maximum atomic E-state index is 10.5. The van der Waals surface area contributed by atoms with Crippen LogP contribution in [0.4, 0.5) is 0 Å². The maximum Gasteiger partial charge on any atom is 0.124 e. The van der Waals surface area contributed by atoms with Crippen molar-refractivity contribution in [2.45, 2.75) is 18.8 Å². The molecule has 2 atom stereocenters. The molecule has 1 aliphatic heterocycles. The van der Waals surface area contributed by atoms with Gasteiger partial charge in [0.2, 0.25) is 0 Å². The number of β-amino-alcohol motifs (C(OH)–C–C–N with tert-alkyl or cyclic N) is 1. The Morgan fingerprint density at radius 1 is 1.07 bits per heavy atom. The van der Waals surface area contributed by atoms with Gasteiger partial charge in [-0.05, 0) is 18.7 Å². The Hall–Kier alpha value is -1.92. The molecule has 0 bridgehead atoms. The van der Waals surface area contributed by atoms with E-state index in [1.807, 2.05) is 30.3 Å². The highest BCUT2D eigenvalue weighted by Gasteiger charge is 2.28. The fraction of sp³-hybridized carbons (Fsp3) is 0.455. The molecule has 146 valence electrons. The third-order valence-corrected chi connectivity index (χ3v) is 5.08. The molecule has 1 heterocycles. The fourth-order valence-corrected chi connectivity index (χ4v) is 3.62. The van der Waals surface area contributed by atoms with Gasteiger partial charge in [-0.25, -0.2) is 0 Å². The van der Waals surface area contributed by atoms with Gasteiger partial charge < -0.3 is 19.5 Å². The van der Waals surface area contributed by atoms with Crippen molar-refractivity contribution < 1.29 is 14.6 Å². The highest BCUT2D eigenvalue weighted by molar-refractivity contribution is 5.32. The lowest BCUT2D eigenvalue weighted by molar-refractivity contribution is -0.0119.